The molecule has 1 aliphatic heterocycles. The maximum Gasteiger partial charge on any atom is 0.0945 e. The third-order valence-corrected chi connectivity index (χ3v) is 4.64. The van der Waals surface area contributed by atoms with Crippen molar-refractivity contribution < 1.29 is 9.47 Å². The van der Waals surface area contributed by atoms with Crippen LogP contribution in [0.2, 0.25) is 0 Å². The highest BCUT2D eigenvalue weighted by molar-refractivity contribution is 7.09. The van der Waals surface area contributed by atoms with Gasteiger partial charge >= 0.3 is 0 Å². The lowest BCUT2D eigenvalue weighted by atomic mass is 9.84. The predicted octanol–water partition coefficient (Wildman–Crippen LogP) is 1.41. The monoisotopic (exact) mass is 285 g/mol. The molecule has 0 radical (unpaired) electrons. The summed E-state index contributed by atoms with van der Waals surface area (Å²) in [5.74, 6) is 5.78. The highest BCUT2D eigenvalue weighted by atomic mass is 32.1. The van der Waals surface area contributed by atoms with Gasteiger partial charge in [0.05, 0.1) is 16.7 Å². The normalized spacial score (nSPS) is 20.4. The number of hydrogen-bond donors (Lipinski definition) is 2. The van der Waals surface area contributed by atoms with Crippen molar-refractivity contribution in [2.45, 2.75) is 44.8 Å². The summed E-state index contributed by atoms with van der Waals surface area (Å²) in [5.41, 5.74) is 3.77. The SMILES string of the molecule is CCOC1(C(Cc2nc(C)cs2)NN)CCOCC1. The van der Waals surface area contributed by atoms with E-state index in [2.05, 4.69) is 15.8 Å². The van der Waals surface area contributed by atoms with Gasteiger partial charge in [0.25, 0.3) is 0 Å². The number of hydrazine groups is 1. The van der Waals surface area contributed by atoms with Gasteiger partial charge in [-0.25, -0.2) is 4.98 Å². The summed E-state index contributed by atoms with van der Waals surface area (Å²) in [6, 6.07) is 0.0712. The van der Waals surface area contributed by atoms with Crippen molar-refractivity contribution in [3.8, 4) is 0 Å². The topological polar surface area (TPSA) is 69.4 Å². The molecule has 1 atom stereocenters. The fourth-order valence-electron chi connectivity index (χ4n) is 2.67. The maximum absolute atomic E-state index is 6.06. The number of hydrogen-bond acceptors (Lipinski definition) is 6. The first-order valence-corrected chi connectivity index (χ1v) is 7.67. The molecule has 2 heterocycles. The summed E-state index contributed by atoms with van der Waals surface area (Å²) < 4.78 is 11.5. The smallest absolute Gasteiger partial charge is 0.0945 e. The highest BCUT2D eigenvalue weighted by Crippen LogP contribution is 2.31. The van der Waals surface area contributed by atoms with E-state index >= 15 is 0 Å². The molecule has 1 aromatic rings. The second kappa shape index (κ2) is 6.76. The molecule has 6 heteroatoms. The van der Waals surface area contributed by atoms with Crippen molar-refractivity contribution in [1.82, 2.24) is 10.4 Å². The van der Waals surface area contributed by atoms with Crippen LogP contribution in [0.15, 0.2) is 5.38 Å². The van der Waals surface area contributed by atoms with E-state index in [0.29, 0.717) is 6.61 Å². The number of nitrogens with two attached hydrogens (primary N) is 1. The molecule has 19 heavy (non-hydrogen) atoms. The van der Waals surface area contributed by atoms with Crippen molar-refractivity contribution in [3.63, 3.8) is 0 Å². The largest absolute Gasteiger partial charge is 0.381 e. The molecule has 0 aliphatic carbocycles. The third-order valence-electron chi connectivity index (χ3n) is 3.65. The summed E-state index contributed by atoms with van der Waals surface area (Å²) >= 11 is 1.68. The van der Waals surface area contributed by atoms with E-state index < -0.39 is 0 Å². The zero-order valence-electron chi connectivity index (χ0n) is 11.6. The molecule has 1 unspecified atom stereocenters. The molecule has 0 saturated carbocycles. The Morgan fingerprint density at radius 1 is 1.58 bits per heavy atom. The Morgan fingerprint density at radius 2 is 2.32 bits per heavy atom. The molecule has 1 aromatic heterocycles. The van der Waals surface area contributed by atoms with E-state index in [1.807, 2.05) is 13.8 Å². The minimum Gasteiger partial charge on any atom is -0.381 e. The lowest BCUT2D eigenvalue weighted by Gasteiger charge is -2.42. The molecule has 0 bridgehead atoms. The van der Waals surface area contributed by atoms with Crippen LogP contribution in [0.25, 0.3) is 0 Å². The number of ether oxygens (including phenoxy) is 2. The average Bonchev–Trinajstić information content (AvgIpc) is 2.83. The van der Waals surface area contributed by atoms with E-state index in [-0.39, 0.29) is 11.6 Å². The molecule has 0 amide bonds. The molecule has 2 rings (SSSR count). The van der Waals surface area contributed by atoms with Gasteiger partial charge in [0.2, 0.25) is 0 Å². The Morgan fingerprint density at radius 3 is 2.84 bits per heavy atom. The van der Waals surface area contributed by atoms with E-state index in [4.69, 9.17) is 15.3 Å². The molecular weight excluding hydrogens is 262 g/mol. The number of nitrogens with zero attached hydrogens (tertiary/aromatic N) is 1. The number of aromatic nitrogens is 1. The first-order valence-electron chi connectivity index (χ1n) is 6.79. The summed E-state index contributed by atoms with van der Waals surface area (Å²) in [4.78, 5) is 4.52. The fourth-order valence-corrected chi connectivity index (χ4v) is 3.48. The number of aryl methyl sites for hydroxylation is 1. The minimum absolute atomic E-state index is 0.0712. The highest BCUT2D eigenvalue weighted by Gasteiger charge is 2.41. The van der Waals surface area contributed by atoms with E-state index in [1.54, 1.807) is 11.3 Å². The van der Waals surface area contributed by atoms with Crippen LogP contribution in [0.5, 0.6) is 0 Å². The Labute approximate surface area is 118 Å². The van der Waals surface area contributed by atoms with Crippen LogP contribution in [-0.4, -0.2) is 36.4 Å². The Bertz CT molecular complexity index is 385. The first-order chi connectivity index (χ1) is 9.20. The van der Waals surface area contributed by atoms with Crippen LogP contribution >= 0.6 is 11.3 Å². The Kier molecular flexibility index (Phi) is 5.29. The van der Waals surface area contributed by atoms with Gasteiger partial charge in [-0.05, 0) is 13.8 Å². The summed E-state index contributed by atoms with van der Waals surface area (Å²) in [6.45, 7) is 6.19. The fraction of sp³-hybridized carbons (Fsp3) is 0.769. The second-order valence-electron chi connectivity index (χ2n) is 4.92. The van der Waals surface area contributed by atoms with Crippen molar-refractivity contribution in [2.24, 2.45) is 5.84 Å². The van der Waals surface area contributed by atoms with Gasteiger partial charge in [0.1, 0.15) is 0 Å². The maximum atomic E-state index is 6.06. The van der Waals surface area contributed by atoms with Crippen LogP contribution in [0.3, 0.4) is 0 Å². The predicted molar refractivity (Wildman–Crippen MR) is 76.1 cm³/mol. The first kappa shape index (κ1) is 14.9. The molecule has 5 nitrogen and oxygen atoms in total. The number of rotatable bonds is 6. The number of nitrogens with one attached hydrogen (secondary N) is 1. The van der Waals surface area contributed by atoms with Crippen LogP contribution < -0.4 is 11.3 Å². The zero-order valence-corrected chi connectivity index (χ0v) is 12.5. The van der Waals surface area contributed by atoms with Gasteiger partial charge in [-0.15, -0.1) is 11.3 Å². The number of thiazole rings is 1. The minimum atomic E-state index is -0.235. The molecule has 0 aromatic carbocycles. The Balaban J connectivity index is 2.12. The molecule has 108 valence electrons. The van der Waals surface area contributed by atoms with Crippen molar-refractivity contribution in [1.29, 1.82) is 0 Å². The van der Waals surface area contributed by atoms with Gasteiger partial charge in [-0.1, -0.05) is 0 Å². The van der Waals surface area contributed by atoms with Crippen molar-refractivity contribution in [2.75, 3.05) is 19.8 Å². The lowest BCUT2D eigenvalue weighted by molar-refractivity contribution is -0.126. The zero-order chi connectivity index (χ0) is 13.7. The summed E-state index contributed by atoms with van der Waals surface area (Å²) in [6.07, 6.45) is 2.55. The lowest BCUT2D eigenvalue weighted by Crippen LogP contribution is -2.58. The van der Waals surface area contributed by atoms with E-state index in [1.165, 1.54) is 0 Å². The summed E-state index contributed by atoms with van der Waals surface area (Å²) in [5, 5.41) is 3.17. The van der Waals surface area contributed by atoms with Crippen LogP contribution in [0, 0.1) is 6.92 Å². The van der Waals surface area contributed by atoms with Crippen LogP contribution in [0.4, 0.5) is 0 Å². The Hall–Kier alpha value is -0.530. The quantitative estimate of drug-likeness (QED) is 0.611. The van der Waals surface area contributed by atoms with Crippen molar-refractivity contribution in [3.05, 3.63) is 16.1 Å². The van der Waals surface area contributed by atoms with Crippen LogP contribution in [0.1, 0.15) is 30.5 Å². The van der Waals surface area contributed by atoms with Gasteiger partial charge in [-0.2, -0.15) is 0 Å². The van der Waals surface area contributed by atoms with Gasteiger partial charge in [0.15, 0.2) is 0 Å². The summed E-state index contributed by atoms with van der Waals surface area (Å²) in [7, 11) is 0. The molecule has 0 spiro atoms. The van der Waals surface area contributed by atoms with E-state index in [0.717, 1.165) is 43.2 Å². The molecule has 1 fully saturated rings. The van der Waals surface area contributed by atoms with Crippen LogP contribution in [-0.2, 0) is 15.9 Å². The molecular formula is C13H23N3O2S. The van der Waals surface area contributed by atoms with Crippen molar-refractivity contribution >= 4 is 11.3 Å². The molecule has 3 N–H and O–H groups in total. The molecule has 1 saturated heterocycles. The van der Waals surface area contributed by atoms with Gasteiger partial charge < -0.3 is 9.47 Å². The second-order valence-corrected chi connectivity index (χ2v) is 5.86. The van der Waals surface area contributed by atoms with Gasteiger partial charge in [0, 0.05) is 50.2 Å². The standard InChI is InChI=1S/C13H23N3O2S/c1-3-18-13(4-6-17-7-5-13)11(16-14)8-12-15-10(2)9-19-12/h9,11,16H,3-8,14H2,1-2H3. The third kappa shape index (κ3) is 3.52. The van der Waals surface area contributed by atoms with E-state index in [9.17, 15) is 0 Å². The molecule has 1 aliphatic rings. The average molecular weight is 285 g/mol. The van der Waals surface area contributed by atoms with Gasteiger partial charge in [-0.3, -0.25) is 11.3 Å².